The largest absolute Gasteiger partial charge is 0.493 e. The Labute approximate surface area is 128 Å². The van der Waals surface area contributed by atoms with Crippen molar-refractivity contribution in [2.45, 2.75) is 32.1 Å². The second-order valence-electron chi connectivity index (χ2n) is 5.57. The van der Waals surface area contributed by atoms with E-state index >= 15 is 0 Å². The molecule has 0 aliphatic heterocycles. The lowest BCUT2D eigenvalue weighted by atomic mass is 10.1. The molecule has 0 saturated carbocycles. The Morgan fingerprint density at radius 1 is 1.32 bits per heavy atom. The number of hydrogen-bond donors (Lipinski definition) is 4. The van der Waals surface area contributed by atoms with Gasteiger partial charge in [-0.3, -0.25) is 9.78 Å². The molecule has 0 amide bonds. The van der Waals surface area contributed by atoms with Crippen molar-refractivity contribution in [3.8, 4) is 5.88 Å². The number of hydrogen-bond acceptors (Lipinski definition) is 5. The first-order valence-corrected chi connectivity index (χ1v) is 7.58. The number of aromatic nitrogens is 2. The van der Waals surface area contributed by atoms with Gasteiger partial charge >= 0.3 is 0 Å². The minimum Gasteiger partial charge on any atom is -0.493 e. The highest BCUT2D eigenvalue weighted by molar-refractivity contribution is 5.57. The van der Waals surface area contributed by atoms with Crippen molar-refractivity contribution in [1.82, 2.24) is 9.97 Å². The highest BCUT2D eigenvalue weighted by Gasteiger charge is 2.13. The molecule has 1 aliphatic carbocycles. The Morgan fingerprint density at radius 2 is 2.14 bits per heavy atom. The van der Waals surface area contributed by atoms with Crippen LogP contribution in [0.15, 0.2) is 23.0 Å². The van der Waals surface area contributed by atoms with Crippen LogP contribution in [0.4, 0.5) is 11.6 Å². The summed E-state index contributed by atoms with van der Waals surface area (Å²) in [5.41, 5.74) is 8.95. The Balaban J connectivity index is 1.82. The third-order valence-electron chi connectivity index (χ3n) is 3.99. The van der Waals surface area contributed by atoms with E-state index < -0.39 is 0 Å². The van der Waals surface area contributed by atoms with Gasteiger partial charge in [0.2, 0.25) is 11.8 Å². The van der Waals surface area contributed by atoms with Crippen LogP contribution in [0, 0.1) is 0 Å². The number of benzene rings is 1. The van der Waals surface area contributed by atoms with Gasteiger partial charge in [-0.1, -0.05) is 6.07 Å². The first-order chi connectivity index (χ1) is 10.7. The molecule has 3 rings (SSSR count). The lowest BCUT2D eigenvalue weighted by Crippen LogP contribution is -2.17. The second-order valence-corrected chi connectivity index (χ2v) is 5.57. The summed E-state index contributed by atoms with van der Waals surface area (Å²) in [5.74, 6) is 0.0119. The van der Waals surface area contributed by atoms with Gasteiger partial charge in [0.15, 0.2) is 0 Å². The molecule has 1 aromatic carbocycles. The predicted molar refractivity (Wildman–Crippen MR) is 85.6 cm³/mol. The molecule has 6 heteroatoms. The molecule has 0 fully saturated rings. The van der Waals surface area contributed by atoms with Crippen molar-refractivity contribution in [2.24, 2.45) is 5.73 Å². The Kier molecular flexibility index (Phi) is 4.11. The van der Waals surface area contributed by atoms with E-state index in [2.05, 4.69) is 27.4 Å². The van der Waals surface area contributed by atoms with E-state index in [1.165, 1.54) is 17.5 Å². The van der Waals surface area contributed by atoms with E-state index in [4.69, 9.17) is 5.73 Å². The smallest absolute Gasteiger partial charge is 0.259 e. The molecular weight excluding hydrogens is 280 g/mol. The standard InChI is InChI=1S/C16H20N4O2/c17-8-2-5-13-14(21)19-16(20-15(13)22)18-12-7-6-10-3-1-4-11(10)9-12/h6-7,9H,1-5,8,17H2,(H3,18,19,20,21,22). The first kappa shape index (κ1) is 14.6. The summed E-state index contributed by atoms with van der Waals surface area (Å²) in [4.78, 5) is 18.7. The quantitative estimate of drug-likeness (QED) is 0.671. The van der Waals surface area contributed by atoms with Gasteiger partial charge in [-0.25, -0.2) is 0 Å². The van der Waals surface area contributed by atoms with Gasteiger partial charge in [-0.15, -0.1) is 0 Å². The van der Waals surface area contributed by atoms with E-state index in [-0.39, 0.29) is 23.0 Å². The summed E-state index contributed by atoms with van der Waals surface area (Å²) < 4.78 is 0. The zero-order valence-electron chi connectivity index (χ0n) is 12.4. The van der Waals surface area contributed by atoms with Crippen molar-refractivity contribution >= 4 is 11.6 Å². The van der Waals surface area contributed by atoms with E-state index in [9.17, 15) is 9.90 Å². The monoisotopic (exact) mass is 300 g/mol. The number of nitrogens with one attached hydrogen (secondary N) is 2. The van der Waals surface area contributed by atoms with Crippen molar-refractivity contribution in [3.63, 3.8) is 0 Å². The second kappa shape index (κ2) is 6.19. The fraction of sp³-hybridized carbons (Fsp3) is 0.375. The highest BCUT2D eigenvalue weighted by Crippen LogP contribution is 2.26. The molecular formula is C16H20N4O2. The van der Waals surface area contributed by atoms with Crippen LogP contribution >= 0.6 is 0 Å². The topological polar surface area (TPSA) is 104 Å². The number of fused-ring (bicyclic) bond motifs is 1. The average Bonchev–Trinajstić information content (AvgIpc) is 2.94. The van der Waals surface area contributed by atoms with Crippen LogP contribution in [0.3, 0.4) is 0 Å². The highest BCUT2D eigenvalue weighted by atomic mass is 16.3. The Bertz CT molecular complexity index is 739. The minimum atomic E-state index is -0.329. The molecule has 22 heavy (non-hydrogen) atoms. The summed E-state index contributed by atoms with van der Waals surface area (Å²) in [7, 11) is 0. The van der Waals surface area contributed by atoms with Gasteiger partial charge in [0, 0.05) is 5.69 Å². The van der Waals surface area contributed by atoms with Crippen LogP contribution in [0.25, 0.3) is 0 Å². The van der Waals surface area contributed by atoms with Gasteiger partial charge in [0.25, 0.3) is 5.56 Å². The minimum absolute atomic E-state index is 0.235. The molecule has 1 aliphatic rings. The van der Waals surface area contributed by atoms with Crippen LogP contribution in [0.2, 0.25) is 0 Å². The third-order valence-corrected chi connectivity index (χ3v) is 3.99. The number of nitrogens with zero attached hydrogens (tertiary/aromatic N) is 1. The molecule has 0 unspecified atom stereocenters. The molecule has 0 saturated heterocycles. The number of H-pyrrole nitrogens is 1. The van der Waals surface area contributed by atoms with Crippen LogP contribution in [-0.4, -0.2) is 21.6 Å². The van der Waals surface area contributed by atoms with Gasteiger partial charge < -0.3 is 16.2 Å². The summed E-state index contributed by atoms with van der Waals surface area (Å²) in [6.07, 6.45) is 4.45. The van der Waals surface area contributed by atoms with Crippen LogP contribution < -0.4 is 16.6 Å². The number of rotatable bonds is 5. The summed E-state index contributed by atoms with van der Waals surface area (Å²) in [6, 6.07) is 6.13. The fourth-order valence-electron chi connectivity index (χ4n) is 2.84. The Hall–Kier alpha value is -2.34. The first-order valence-electron chi connectivity index (χ1n) is 7.58. The fourth-order valence-corrected chi connectivity index (χ4v) is 2.84. The lowest BCUT2D eigenvalue weighted by molar-refractivity contribution is 0.443. The molecule has 0 bridgehead atoms. The van der Waals surface area contributed by atoms with E-state index in [1.54, 1.807) is 0 Å². The molecule has 0 spiro atoms. The predicted octanol–water partition coefficient (Wildman–Crippen LogP) is 1.60. The zero-order chi connectivity index (χ0) is 15.5. The van der Waals surface area contributed by atoms with Crippen LogP contribution in [-0.2, 0) is 19.3 Å². The van der Waals surface area contributed by atoms with E-state index in [1.807, 2.05) is 6.07 Å². The zero-order valence-corrected chi connectivity index (χ0v) is 12.4. The van der Waals surface area contributed by atoms with E-state index in [0.717, 1.165) is 18.5 Å². The van der Waals surface area contributed by atoms with E-state index in [0.29, 0.717) is 19.4 Å². The molecule has 1 aromatic heterocycles. The maximum atomic E-state index is 12.0. The molecule has 116 valence electrons. The normalized spacial score (nSPS) is 13.1. The number of nitrogens with two attached hydrogens (primary N) is 1. The van der Waals surface area contributed by atoms with Crippen LogP contribution in [0.5, 0.6) is 5.88 Å². The maximum Gasteiger partial charge on any atom is 0.259 e. The summed E-state index contributed by atoms with van der Waals surface area (Å²) >= 11 is 0. The van der Waals surface area contributed by atoms with Crippen molar-refractivity contribution in [3.05, 3.63) is 45.2 Å². The molecule has 6 nitrogen and oxygen atoms in total. The van der Waals surface area contributed by atoms with Gasteiger partial charge in [0.05, 0.1) is 5.56 Å². The number of aromatic hydroxyl groups is 1. The van der Waals surface area contributed by atoms with Crippen molar-refractivity contribution in [1.29, 1.82) is 0 Å². The Morgan fingerprint density at radius 3 is 2.91 bits per heavy atom. The van der Waals surface area contributed by atoms with Crippen LogP contribution in [0.1, 0.15) is 29.5 Å². The van der Waals surface area contributed by atoms with Crippen molar-refractivity contribution in [2.75, 3.05) is 11.9 Å². The molecule has 1 heterocycles. The lowest BCUT2D eigenvalue weighted by Gasteiger charge is -2.09. The van der Waals surface area contributed by atoms with Gasteiger partial charge in [-0.05, 0) is 61.9 Å². The number of anilines is 2. The van der Waals surface area contributed by atoms with Gasteiger partial charge in [0.1, 0.15) is 0 Å². The molecule has 0 radical (unpaired) electrons. The SMILES string of the molecule is NCCCc1c(O)nc(Nc2ccc3c(c2)CCC3)[nH]c1=O. The molecule has 0 atom stereocenters. The maximum absolute atomic E-state index is 12.0. The number of aryl methyl sites for hydroxylation is 2. The average molecular weight is 300 g/mol. The van der Waals surface area contributed by atoms with Gasteiger partial charge in [-0.2, -0.15) is 4.98 Å². The van der Waals surface area contributed by atoms with Crippen molar-refractivity contribution < 1.29 is 5.11 Å². The summed E-state index contributed by atoms with van der Waals surface area (Å²) in [5, 5.41) is 13.0. The third kappa shape index (κ3) is 2.96. The molecule has 2 aromatic rings. The molecule has 5 N–H and O–H groups in total. The number of aromatic amines is 1. The summed E-state index contributed by atoms with van der Waals surface area (Å²) in [6.45, 7) is 0.466.